The molecular formula is C17H19FN2. The summed E-state index contributed by atoms with van der Waals surface area (Å²) in [6, 6.07) is 13.5. The molecule has 2 aromatic carbocycles. The smallest absolute Gasteiger partial charge is 0.126 e. The maximum Gasteiger partial charge on any atom is 0.126 e. The monoisotopic (exact) mass is 270 g/mol. The van der Waals surface area contributed by atoms with Gasteiger partial charge in [0.15, 0.2) is 0 Å². The molecule has 0 bridgehead atoms. The summed E-state index contributed by atoms with van der Waals surface area (Å²) in [6.45, 7) is 0.787. The average Bonchev–Trinajstić information content (AvgIpc) is 2.83. The van der Waals surface area contributed by atoms with Crippen LogP contribution in [-0.4, -0.2) is 6.54 Å². The molecule has 0 amide bonds. The lowest BCUT2D eigenvalue weighted by Crippen LogP contribution is -2.22. The van der Waals surface area contributed by atoms with Crippen LogP contribution >= 0.6 is 0 Å². The molecule has 0 heterocycles. The first kappa shape index (κ1) is 13.1. The summed E-state index contributed by atoms with van der Waals surface area (Å²) in [5.41, 5.74) is 10.1. The normalized spacial score (nSPS) is 17.1. The first-order valence-corrected chi connectivity index (χ1v) is 7.09. The van der Waals surface area contributed by atoms with Gasteiger partial charge in [0.2, 0.25) is 0 Å². The summed E-state index contributed by atoms with van der Waals surface area (Å²) in [5, 5.41) is 3.53. The third-order valence-corrected chi connectivity index (χ3v) is 3.99. The molecule has 104 valence electrons. The van der Waals surface area contributed by atoms with Crippen molar-refractivity contribution in [2.75, 3.05) is 12.3 Å². The Balaban J connectivity index is 1.60. The Morgan fingerprint density at radius 1 is 1.20 bits per heavy atom. The summed E-state index contributed by atoms with van der Waals surface area (Å²) in [5.74, 6) is -0.117. The van der Waals surface area contributed by atoms with Crippen molar-refractivity contribution >= 4 is 5.69 Å². The van der Waals surface area contributed by atoms with Crippen LogP contribution in [0.4, 0.5) is 10.1 Å². The lowest BCUT2D eigenvalue weighted by molar-refractivity contribution is 0.526. The Labute approximate surface area is 118 Å². The van der Waals surface area contributed by atoms with E-state index < -0.39 is 0 Å². The molecule has 1 aliphatic carbocycles. The van der Waals surface area contributed by atoms with Gasteiger partial charge in [0, 0.05) is 11.7 Å². The van der Waals surface area contributed by atoms with Crippen molar-refractivity contribution < 1.29 is 4.39 Å². The summed E-state index contributed by atoms with van der Waals surface area (Å²) >= 11 is 0. The number of nitrogens with one attached hydrogen (secondary N) is 1. The Bertz CT molecular complexity index is 610. The van der Waals surface area contributed by atoms with E-state index in [1.165, 1.54) is 17.2 Å². The Hall–Kier alpha value is -1.87. The molecule has 0 aromatic heterocycles. The Kier molecular flexibility index (Phi) is 3.70. The zero-order valence-electron chi connectivity index (χ0n) is 11.4. The van der Waals surface area contributed by atoms with E-state index in [-0.39, 0.29) is 5.82 Å². The molecule has 0 saturated carbocycles. The quantitative estimate of drug-likeness (QED) is 0.837. The molecule has 0 aliphatic heterocycles. The second kappa shape index (κ2) is 5.63. The van der Waals surface area contributed by atoms with Crippen molar-refractivity contribution in [2.45, 2.75) is 25.3 Å². The van der Waals surface area contributed by atoms with Crippen molar-refractivity contribution in [1.82, 2.24) is 5.32 Å². The molecule has 1 unspecified atom stereocenters. The van der Waals surface area contributed by atoms with E-state index in [0.717, 1.165) is 30.6 Å². The molecule has 2 aromatic rings. The van der Waals surface area contributed by atoms with E-state index in [0.29, 0.717) is 12.5 Å². The number of benzene rings is 2. The second-order valence-corrected chi connectivity index (χ2v) is 5.35. The summed E-state index contributed by atoms with van der Waals surface area (Å²) in [7, 11) is 0. The van der Waals surface area contributed by atoms with Crippen LogP contribution in [0.1, 0.15) is 29.2 Å². The molecule has 3 rings (SSSR count). The van der Waals surface area contributed by atoms with Gasteiger partial charge in [-0.3, -0.25) is 0 Å². The van der Waals surface area contributed by atoms with E-state index >= 15 is 0 Å². The van der Waals surface area contributed by atoms with Crippen LogP contribution in [0.2, 0.25) is 0 Å². The fourth-order valence-corrected chi connectivity index (χ4v) is 2.93. The van der Waals surface area contributed by atoms with Crippen LogP contribution < -0.4 is 11.1 Å². The van der Waals surface area contributed by atoms with Gasteiger partial charge in [0.05, 0.1) is 0 Å². The maximum atomic E-state index is 13.5. The third-order valence-electron chi connectivity index (χ3n) is 3.99. The van der Waals surface area contributed by atoms with Crippen LogP contribution in [0.3, 0.4) is 0 Å². The van der Waals surface area contributed by atoms with Gasteiger partial charge in [0.1, 0.15) is 5.82 Å². The van der Waals surface area contributed by atoms with Gasteiger partial charge in [-0.15, -0.1) is 0 Å². The maximum absolute atomic E-state index is 13.5. The SMILES string of the molecule is Nc1ccc2c(c1)CCC2NCCc1ccccc1F. The van der Waals surface area contributed by atoms with Gasteiger partial charge < -0.3 is 11.1 Å². The summed E-state index contributed by atoms with van der Waals surface area (Å²) in [6.07, 6.45) is 2.88. The molecule has 20 heavy (non-hydrogen) atoms. The highest BCUT2D eigenvalue weighted by atomic mass is 19.1. The topological polar surface area (TPSA) is 38.0 Å². The third kappa shape index (κ3) is 2.68. The fourth-order valence-electron chi connectivity index (χ4n) is 2.93. The van der Waals surface area contributed by atoms with Gasteiger partial charge >= 0.3 is 0 Å². The second-order valence-electron chi connectivity index (χ2n) is 5.35. The number of hydrogen-bond acceptors (Lipinski definition) is 2. The number of halogens is 1. The molecule has 1 atom stereocenters. The van der Waals surface area contributed by atoms with Crippen LogP contribution in [0.25, 0.3) is 0 Å². The van der Waals surface area contributed by atoms with E-state index in [2.05, 4.69) is 17.4 Å². The molecule has 1 aliphatic rings. The number of nitrogens with two attached hydrogens (primary N) is 1. The van der Waals surface area contributed by atoms with Crippen molar-refractivity contribution in [2.24, 2.45) is 0 Å². The van der Waals surface area contributed by atoms with Crippen molar-refractivity contribution in [3.63, 3.8) is 0 Å². The summed E-state index contributed by atoms with van der Waals surface area (Å²) < 4.78 is 13.5. The molecule has 0 radical (unpaired) electrons. The van der Waals surface area contributed by atoms with Crippen LogP contribution in [0, 0.1) is 5.82 Å². The number of fused-ring (bicyclic) bond motifs is 1. The highest BCUT2D eigenvalue weighted by Gasteiger charge is 2.21. The standard InChI is InChI=1S/C17H19FN2/c18-16-4-2-1-3-12(16)9-10-20-17-8-5-13-11-14(19)6-7-15(13)17/h1-4,6-7,11,17,20H,5,8-10,19H2. The number of rotatable bonds is 4. The summed E-state index contributed by atoms with van der Waals surface area (Å²) in [4.78, 5) is 0. The van der Waals surface area contributed by atoms with Gasteiger partial charge in [-0.1, -0.05) is 24.3 Å². The minimum absolute atomic E-state index is 0.117. The highest BCUT2D eigenvalue weighted by Crippen LogP contribution is 2.32. The zero-order chi connectivity index (χ0) is 13.9. The predicted molar refractivity (Wildman–Crippen MR) is 80.0 cm³/mol. The van der Waals surface area contributed by atoms with Crippen molar-refractivity contribution in [3.05, 3.63) is 65.0 Å². The lowest BCUT2D eigenvalue weighted by Gasteiger charge is -2.14. The average molecular weight is 270 g/mol. The van der Waals surface area contributed by atoms with E-state index in [1.807, 2.05) is 18.2 Å². The van der Waals surface area contributed by atoms with Crippen molar-refractivity contribution in [1.29, 1.82) is 0 Å². The van der Waals surface area contributed by atoms with E-state index in [9.17, 15) is 4.39 Å². The minimum atomic E-state index is -0.117. The van der Waals surface area contributed by atoms with Crippen LogP contribution in [0.5, 0.6) is 0 Å². The lowest BCUT2D eigenvalue weighted by atomic mass is 10.1. The molecule has 3 heteroatoms. The number of anilines is 1. The number of aryl methyl sites for hydroxylation is 1. The Morgan fingerprint density at radius 3 is 2.90 bits per heavy atom. The van der Waals surface area contributed by atoms with Gasteiger partial charge in [0.25, 0.3) is 0 Å². The molecule has 0 spiro atoms. The van der Waals surface area contributed by atoms with Gasteiger partial charge in [-0.05, 0) is 60.7 Å². The van der Waals surface area contributed by atoms with Crippen molar-refractivity contribution in [3.8, 4) is 0 Å². The van der Waals surface area contributed by atoms with E-state index in [1.54, 1.807) is 6.07 Å². The molecule has 0 fully saturated rings. The molecule has 3 N–H and O–H groups in total. The van der Waals surface area contributed by atoms with Crippen LogP contribution in [0.15, 0.2) is 42.5 Å². The van der Waals surface area contributed by atoms with Gasteiger partial charge in [-0.2, -0.15) is 0 Å². The Morgan fingerprint density at radius 2 is 2.05 bits per heavy atom. The first-order chi connectivity index (χ1) is 9.74. The molecular weight excluding hydrogens is 251 g/mol. The van der Waals surface area contributed by atoms with E-state index in [4.69, 9.17) is 5.73 Å². The van der Waals surface area contributed by atoms with Crippen LogP contribution in [-0.2, 0) is 12.8 Å². The first-order valence-electron chi connectivity index (χ1n) is 7.09. The van der Waals surface area contributed by atoms with Gasteiger partial charge in [-0.25, -0.2) is 4.39 Å². The fraction of sp³-hybridized carbons (Fsp3) is 0.294. The largest absolute Gasteiger partial charge is 0.399 e. The zero-order valence-corrected chi connectivity index (χ0v) is 11.4. The number of nitrogen functional groups attached to an aromatic ring is 1. The molecule has 2 nitrogen and oxygen atoms in total. The predicted octanol–water partition coefficient (Wildman–Crippen LogP) is 3.23. The molecule has 0 saturated heterocycles. The highest BCUT2D eigenvalue weighted by molar-refractivity contribution is 5.47. The number of hydrogen-bond donors (Lipinski definition) is 2. The minimum Gasteiger partial charge on any atom is -0.399 e.